The van der Waals surface area contributed by atoms with E-state index in [1.807, 2.05) is 0 Å². The van der Waals surface area contributed by atoms with Crippen LogP contribution in [0, 0.1) is 0 Å². The molecule has 4 atom stereocenters. The lowest BCUT2D eigenvalue weighted by Crippen LogP contribution is -2.55. The molecule has 0 saturated carbocycles. The van der Waals surface area contributed by atoms with Crippen molar-refractivity contribution in [1.82, 2.24) is 0 Å². The predicted molar refractivity (Wildman–Crippen MR) is 109 cm³/mol. The summed E-state index contributed by atoms with van der Waals surface area (Å²) in [4.78, 5) is 0. The highest BCUT2D eigenvalue weighted by atomic mass is 16.6. The Bertz CT molecular complexity index is 361. The molecule has 0 aromatic heterocycles. The number of aliphatic hydroxyl groups is 3. The number of aliphatic hydroxyl groups excluding tert-OH is 3. The van der Waals surface area contributed by atoms with E-state index in [-0.39, 0.29) is 13.2 Å². The summed E-state index contributed by atoms with van der Waals surface area (Å²) >= 11 is 0. The molecular formula is C22H42O5. The highest BCUT2D eigenvalue weighted by Gasteiger charge is 2.38. The zero-order valence-corrected chi connectivity index (χ0v) is 17.2. The average Bonchev–Trinajstić information content (AvgIpc) is 2.68. The molecule has 0 amide bonds. The van der Waals surface area contributed by atoms with Gasteiger partial charge in [0.15, 0.2) is 0 Å². The van der Waals surface area contributed by atoms with Gasteiger partial charge < -0.3 is 24.8 Å². The number of hydrogen-bond acceptors (Lipinski definition) is 5. The summed E-state index contributed by atoms with van der Waals surface area (Å²) < 4.78 is 11.0. The minimum absolute atomic E-state index is 0.219. The number of unbranched alkanes of at least 4 members (excludes halogenated alkanes) is 10. The van der Waals surface area contributed by atoms with E-state index in [2.05, 4.69) is 19.1 Å². The molecular weight excluding hydrogens is 344 g/mol. The molecule has 1 saturated heterocycles. The third kappa shape index (κ3) is 11.2. The van der Waals surface area contributed by atoms with Crippen molar-refractivity contribution >= 4 is 0 Å². The smallest absolute Gasteiger partial charge is 0.111 e. The molecule has 0 unspecified atom stereocenters. The molecule has 1 fully saturated rings. The lowest BCUT2D eigenvalue weighted by molar-refractivity contribution is -0.208. The first-order valence-electron chi connectivity index (χ1n) is 11.1. The molecule has 3 N–H and O–H groups in total. The summed E-state index contributed by atoms with van der Waals surface area (Å²) in [6.45, 7) is 2.74. The normalized spacial score (nSPS) is 26.1. The van der Waals surface area contributed by atoms with Crippen molar-refractivity contribution in [2.75, 3.05) is 19.8 Å². The Labute approximate surface area is 165 Å². The summed E-state index contributed by atoms with van der Waals surface area (Å²) in [5.74, 6) is 0. The molecule has 0 aliphatic carbocycles. The second kappa shape index (κ2) is 16.5. The molecule has 160 valence electrons. The Balaban J connectivity index is 1.86. The number of ether oxygens (including phenoxy) is 2. The minimum atomic E-state index is -1.08. The monoisotopic (exact) mass is 386 g/mol. The number of hydrogen-bond donors (Lipinski definition) is 3. The van der Waals surface area contributed by atoms with Gasteiger partial charge in [-0.2, -0.15) is 0 Å². The van der Waals surface area contributed by atoms with Crippen molar-refractivity contribution in [3.8, 4) is 0 Å². The van der Waals surface area contributed by atoms with E-state index in [1.165, 1.54) is 64.2 Å². The zero-order valence-electron chi connectivity index (χ0n) is 17.2. The van der Waals surface area contributed by atoms with Crippen LogP contribution in [0.3, 0.4) is 0 Å². The van der Waals surface area contributed by atoms with Gasteiger partial charge >= 0.3 is 0 Å². The first-order valence-corrected chi connectivity index (χ1v) is 11.1. The molecule has 0 bridgehead atoms. The van der Waals surface area contributed by atoms with Gasteiger partial charge in [-0.15, -0.1) is 0 Å². The summed E-state index contributed by atoms with van der Waals surface area (Å²) in [6, 6.07) is 0. The summed E-state index contributed by atoms with van der Waals surface area (Å²) in [6.07, 6.45) is 16.3. The number of rotatable bonds is 16. The van der Waals surface area contributed by atoms with Crippen LogP contribution in [0.25, 0.3) is 0 Å². The van der Waals surface area contributed by atoms with Crippen LogP contribution in [0.2, 0.25) is 0 Å². The van der Waals surface area contributed by atoms with Crippen LogP contribution < -0.4 is 0 Å². The van der Waals surface area contributed by atoms with Gasteiger partial charge in [0, 0.05) is 6.61 Å². The molecule has 0 aromatic rings. The van der Waals surface area contributed by atoms with Gasteiger partial charge in [0.25, 0.3) is 0 Å². The Hall–Kier alpha value is -0.460. The molecule has 1 aliphatic rings. The Morgan fingerprint density at radius 3 is 2.07 bits per heavy atom. The van der Waals surface area contributed by atoms with Crippen molar-refractivity contribution in [2.45, 2.75) is 108 Å². The highest BCUT2D eigenvalue weighted by Crippen LogP contribution is 2.18. The maximum Gasteiger partial charge on any atom is 0.111 e. The van der Waals surface area contributed by atoms with Gasteiger partial charge in [-0.1, -0.05) is 70.4 Å². The van der Waals surface area contributed by atoms with E-state index >= 15 is 0 Å². The van der Waals surface area contributed by atoms with E-state index in [9.17, 15) is 10.2 Å². The van der Waals surface area contributed by atoms with Gasteiger partial charge in [-0.25, -0.2) is 0 Å². The first-order chi connectivity index (χ1) is 13.2. The third-order valence-corrected chi connectivity index (χ3v) is 5.25. The molecule has 0 spiro atoms. The van der Waals surface area contributed by atoms with Crippen molar-refractivity contribution < 1.29 is 24.8 Å². The van der Waals surface area contributed by atoms with Crippen LogP contribution in [-0.4, -0.2) is 59.6 Å². The summed E-state index contributed by atoms with van der Waals surface area (Å²) in [5, 5.41) is 28.8. The fourth-order valence-electron chi connectivity index (χ4n) is 3.38. The van der Waals surface area contributed by atoms with E-state index < -0.39 is 24.4 Å². The predicted octanol–water partition coefficient (Wildman–Crippen LogP) is 3.74. The maximum atomic E-state index is 9.98. The van der Waals surface area contributed by atoms with E-state index in [1.54, 1.807) is 0 Å². The maximum absolute atomic E-state index is 9.98. The van der Waals surface area contributed by atoms with E-state index in [0.717, 1.165) is 12.8 Å². The van der Waals surface area contributed by atoms with Crippen molar-refractivity contribution in [1.29, 1.82) is 0 Å². The fraction of sp³-hybridized carbons (Fsp3) is 0.909. The topological polar surface area (TPSA) is 79.2 Å². The molecule has 0 aromatic carbocycles. The third-order valence-electron chi connectivity index (χ3n) is 5.25. The highest BCUT2D eigenvalue weighted by molar-refractivity contribution is 4.87. The van der Waals surface area contributed by atoms with Crippen molar-refractivity contribution in [3.05, 3.63) is 12.2 Å². The molecule has 5 heteroatoms. The quantitative estimate of drug-likeness (QED) is 0.278. The summed E-state index contributed by atoms with van der Waals surface area (Å²) in [5.41, 5.74) is 0. The van der Waals surface area contributed by atoms with Crippen LogP contribution in [-0.2, 0) is 9.47 Å². The van der Waals surface area contributed by atoms with E-state index in [4.69, 9.17) is 14.6 Å². The molecule has 0 radical (unpaired) electrons. The second-order valence-corrected chi connectivity index (χ2v) is 7.68. The van der Waals surface area contributed by atoms with Crippen LogP contribution in [0.5, 0.6) is 0 Å². The van der Waals surface area contributed by atoms with Crippen LogP contribution in [0.4, 0.5) is 0 Å². The lowest BCUT2D eigenvalue weighted by Gasteiger charge is -2.36. The van der Waals surface area contributed by atoms with Crippen LogP contribution in [0.1, 0.15) is 84.0 Å². The molecule has 5 nitrogen and oxygen atoms in total. The molecule has 1 aliphatic heterocycles. The zero-order chi connectivity index (χ0) is 19.7. The molecule has 1 rings (SSSR count). The Kier molecular flexibility index (Phi) is 15.0. The Morgan fingerprint density at radius 2 is 1.44 bits per heavy atom. The van der Waals surface area contributed by atoms with Crippen molar-refractivity contribution in [2.24, 2.45) is 0 Å². The van der Waals surface area contributed by atoms with Gasteiger partial charge in [0.05, 0.1) is 13.2 Å². The first kappa shape index (κ1) is 24.6. The van der Waals surface area contributed by atoms with Crippen molar-refractivity contribution in [3.63, 3.8) is 0 Å². The molecule has 27 heavy (non-hydrogen) atoms. The number of allylic oxidation sites excluding steroid dienone is 2. The minimum Gasteiger partial charge on any atom is -0.394 e. The van der Waals surface area contributed by atoms with Gasteiger partial charge in [-0.3, -0.25) is 0 Å². The SMILES string of the molecule is CCCC/C=C/CCCCCCCCCCO[C@H]1CO[C@H](CO)[C@@H](O)[C@@H]1O. The fourth-order valence-corrected chi connectivity index (χ4v) is 3.38. The average molecular weight is 387 g/mol. The standard InChI is InChI=1S/C22H42O5/c1-2-3-4-5-6-7-8-9-10-11-12-13-14-15-16-26-20-18-27-19(17-23)21(24)22(20)25/h5-6,19-25H,2-4,7-18H2,1H3/b6-5+/t19-,20+,21-,22-/m1/s1. The Morgan fingerprint density at radius 1 is 0.852 bits per heavy atom. The van der Waals surface area contributed by atoms with Crippen LogP contribution >= 0.6 is 0 Å². The van der Waals surface area contributed by atoms with Gasteiger partial charge in [-0.05, 0) is 25.7 Å². The van der Waals surface area contributed by atoms with Gasteiger partial charge in [0.1, 0.15) is 24.4 Å². The van der Waals surface area contributed by atoms with E-state index in [0.29, 0.717) is 6.61 Å². The largest absolute Gasteiger partial charge is 0.394 e. The van der Waals surface area contributed by atoms with Crippen LogP contribution in [0.15, 0.2) is 12.2 Å². The van der Waals surface area contributed by atoms with Gasteiger partial charge in [0.2, 0.25) is 0 Å². The lowest BCUT2D eigenvalue weighted by atomic mass is 10.0. The molecule has 1 heterocycles. The second-order valence-electron chi connectivity index (χ2n) is 7.68. The summed E-state index contributed by atoms with van der Waals surface area (Å²) in [7, 11) is 0.